The Morgan fingerprint density at radius 2 is 1.53 bits per heavy atom. The number of rotatable bonds is 15. The Morgan fingerprint density at radius 1 is 0.947 bits per heavy atom. The van der Waals surface area contributed by atoms with Crippen molar-refractivity contribution in [1.29, 1.82) is 0 Å². The maximum absolute atomic E-state index is 11.3. The van der Waals surface area contributed by atoms with Gasteiger partial charge >= 0.3 is 17.9 Å². The molecule has 0 aliphatic carbocycles. The average Bonchev–Trinajstić information content (AvgIpc) is 2.91. The lowest BCUT2D eigenvalue weighted by atomic mass is 10.0. The van der Waals surface area contributed by atoms with E-state index in [-0.39, 0.29) is 31.1 Å². The van der Waals surface area contributed by atoms with Crippen LogP contribution in [-0.4, -0.2) is 124 Å². The summed E-state index contributed by atoms with van der Waals surface area (Å²) in [6, 6.07) is 5.67. The van der Waals surface area contributed by atoms with Crippen LogP contribution < -0.4 is 5.32 Å². The molecule has 0 radical (unpaired) electrons. The zero-order chi connectivity index (χ0) is 28.1. The fraction of sp³-hybridized carbons (Fsp3) is 0.640. The van der Waals surface area contributed by atoms with Gasteiger partial charge in [0.1, 0.15) is 0 Å². The van der Waals surface area contributed by atoms with E-state index in [1.807, 2.05) is 11.9 Å². The highest BCUT2D eigenvalue weighted by Gasteiger charge is 2.24. The zero-order valence-electron chi connectivity index (χ0n) is 21.8. The van der Waals surface area contributed by atoms with Crippen LogP contribution in [0.1, 0.15) is 31.2 Å². The number of non-ortho nitro benzene ring substituents is 1. The number of nitro benzene ring substituents is 1. The summed E-state index contributed by atoms with van der Waals surface area (Å²) in [5.74, 6) is -3.04. The van der Waals surface area contributed by atoms with Crippen LogP contribution in [0.5, 0.6) is 0 Å². The van der Waals surface area contributed by atoms with E-state index in [0.717, 1.165) is 38.0 Å². The molecular formula is C25H39N5O8. The number of hydrogen-bond acceptors (Lipinski definition) is 9. The lowest BCUT2D eigenvalue weighted by molar-refractivity contribution is -0.384. The highest BCUT2D eigenvalue weighted by atomic mass is 16.6. The molecule has 13 heteroatoms. The van der Waals surface area contributed by atoms with Gasteiger partial charge < -0.3 is 25.5 Å². The van der Waals surface area contributed by atoms with Gasteiger partial charge in [-0.15, -0.1) is 0 Å². The van der Waals surface area contributed by atoms with Gasteiger partial charge in [-0.25, -0.2) is 0 Å². The molecule has 1 aliphatic heterocycles. The molecule has 212 valence electrons. The third-order valence-corrected chi connectivity index (χ3v) is 6.78. The number of carboxylic acids is 3. The van der Waals surface area contributed by atoms with Gasteiger partial charge in [0.05, 0.1) is 24.3 Å². The SMILES string of the molecule is CN1CCN(CC(=O)O)CCN(C(CCCc2ccc([N+](=O)[O-])cc2)CNC(CC(=O)O)CC(=O)O)CC1. The lowest BCUT2D eigenvalue weighted by Crippen LogP contribution is -2.49. The minimum Gasteiger partial charge on any atom is -0.481 e. The molecule has 1 unspecified atom stereocenters. The number of hydrogen-bond donors (Lipinski definition) is 4. The number of likely N-dealkylation sites (N-methyl/N-ethyl adjacent to an activating group) is 1. The third kappa shape index (κ3) is 11.9. The van der Waals surface area contributed by atoms with Crippen LogP contribution in [0.3, 0.4) is 0 Å². The second-order valence-corrected chi connectivity index (χ2v) is 9.78. The fourth-order valence-corrected chi connectivity index (χ4v) is 4.61. The topological polar surface area (TPSA) is 177 Å². The van der Waals surface area contributed by atoms with Crippen molar-refractivity contribution in [3.8, 4) is 0 Å². The van der Waals surface area contributed by atoms with Crippen molar-refractivity contribution in [2.24, 2.45) is 0 Å². The summed E-state index contributed by atoms with van der Waals surface area (Å²) < 4.78 is 0. The van der Waals surface area contributed by atoms with Crippen molar-refractivity contribution in [1.82, 2.24) is 20.0 Å². The quantitative estimate of drug-likeness (QED) is 0.183. The van der Waals surface area contributed by atoms with E-state index in [9.17, 15) is 39.8 Å². The van der Waals surface area contributed by atoms with Gasteiger partial charge in [-0.3, -0.25) is 34.3 Å². The van der Waals surface area contributed by atoms with Crippen molar-refractivity contribution in [2.45, 2.75) is 44.2 Å². The fourth-order valence-electron chi connectivity index (χ4n) is 4.61. The Kier molecular flexibility index (Phi) is 13.1. The Bertz CT molecular complexity index is 913. The summed E-state index contributed by atoms with van der Waals surface area (Å²) in [6.45, 7) is 4.39. The van der Waals surface area contributed by atoms with Crippen molar-refractivity contribution in [3.05, 3.63) is 39.9 Å². The molecule has 1 heterocycles. The van der Waals surface area contributed by atoms with Gasteiger partial charge in [0.2, 0.25) is 0 Å². The number of aliphatic carboxylic acids is 3. The number of nitrogens with one attached hydrogen (secondary N) is 1. The van der Waals surface area contributed by atoms with Gasteiger partial charge in [0, 0.05) is 70.0 Å². The molecule has 2 rings (SSSR count). The van der Waals surface area contributed by atoms with Gasteiger partial charge in [-0.05, 0) is 31.9 Å². The Morgan fingerprint density at radius 3 is 2.11 bits per heavy atom. The molecule has 1 fully saturated rings. The summed E-state index contributed by atoms with van der Waals surface area (Å²) in [7, 11) is 1.99. The highest BCUT2D eigenvalue weighted by Crippen LogP contribution is 2.16. The molecule has 0 amide bonds. The Balaban J connectivity index is 2.13. The molecule has 1 aliphatic rings. The van der Waals surface area contributed by atoms with E-state index < -0.39 is 28.9 Å². The van der Waals surface area contributed by atoms with Crippen LogP contribution in [-0.2, 0) is 20.8 Å². The number of aryl methyl sites for hydroxylation is 1. The van der Waals surface area contributed by atoms with Crippen molar-refractivity contribution in [2.75, 3.05) is 59.4 Å². The van der Waals surface area contributed by atoms with Gasteiger partial charge in [0.15, 0.2) is 0 Å². The van der Waals surface area contributed by atoms with E-state index in [2.05, 4.69) is 15.1 Å². The maximum atomic E-state index is 11.3. The van der Waals surface area contributed by atoms with Crippen LogP contribution in [0.2, 0.25) is 0 Å². The van der Waals surface area contributed by atoms with Gasteiger partial charge in [-0.2, -0.15) is 0 Å². The number of carboxylic acid groups (broad SMARTS) is 3. The molecule has 1 aromatic rings. The van der Waals surface area contributed by atoms with Crippen LogP contribution in [0.15, 0.2) is 24.3 Å². The normalized spacial score (nSPS) is 16.9. The zero-order valence-corrected chi connectivity index (χ0v) is 21.8. The highest BCUT2D eigenvalue weighted by molar-refractivity contribution is 5.71. The second-order valence-electron chi connectivity index (χ2n) is 9.78. The van der Waals surface area contributed by atoms with E-state index in [1.54, 1.807) is 12.1 Å². The smallest absolute Gasteiger partial charge is 0.317 e. The first kappa shape index (κ1) is 31.1. The predicted octanol–water partition coefficient (Wildman–Crippen LogP) is 0.828. The molecule has 0 aromatic heterocycles. The minimum atomic E-state index is -1.08. The summed E-state index contributed by atoms with van der Waals surface area (Å²) >= 11 is 0. The first-order chi connectivity index (χ1) is 18.0. The van der Waals surface area contributed by atoms with Crippen molar-refractivity contribution in [3.63, 3.8) is 0 Å². The third-order valence-electron chi connectivity index (χ3n) is 6.78. The molecule has 0 spiro atoms. The van der Waals surface area contributed by atoms with Crippen molar-refractivity contribution >= 4 is 23.6 Å². The predicted molar refractivity (Wildman–Crippen MR) is 139 cm³/mol. The second kappa shape index (κ2) is 16.0. The summed E-state index contributed by atoms with van der Waals surface area (Å²) in [5.41, 5.74) is 0.999. The number of nitrogens with zero attached hydrogens (tertiary/aromatic N) is 4. The van der Waals surface area contributed by atoms with E-state index >= 15 is 0 Å². The Hall–Kier alpha value is -3.13. The number of carbonyl (C=O) groups is 3. The molecule has 38 heavy (non-hydrogen) atoms. The van der Waals surface area contributed by atoms with Crippen LogP contribution >= 0.6 is 0 Å². The molecule has 4 N–H and O–H groups in total. The van der Waals surface area contributed by atoms with E-state index in [1.165, 1.54) is 12.1 Å². The molecule has 1 aromatic carbocycles. The summed E-state index contributed by atoms with van der Waals surface area (Å²) in [4.78, 5) is 50.6. The molecular weight excluding hydrogens is 498 g/mol. The van der Waals surface area contributed by atoms with Gasteiger partial charge in [-0.1, -0.05) is 12.1 Å². The number of nitro groups is 1. The van der Waals surface area contributed by atoms with Crippen molar-refractivity contribution < 1.29 is 34.6 Å². The minimum absolute atomic E-state index is 0.0328. The average molecular weight is 538 g/mol. The van der Waals surface area contributed by atoms with Gasteiger partial charge in [0.25, 0.3) is 5.69 Å². The van der Waals surface area contributed by atoms with Crippen LogP contribution in [0.25, 0.3) is 0 Å². The van der Waals surface area contributed by atoms with E-state index in [4.69, 9.17) is 0 Å². The standard InChI is InChI=1S/C25H39N5O8/c1-27-9-11-28(18-25(35)36)12-14-29(13-10-27)22(17-26-20(15-23(31)32)16-24(33)34)4-2-3-19-5-7-21(8-6-19)30(37)38/h5-8,20,22,26H,2-4,9-18H2,1H3,(H,31,32)(H,33,34)(H,35,36). The molecule has 13 nitrogen and oxygen atoms in total. The van der Waals surface area contributed by atoms with Crippen LogP contribution in [0.4, 0.5) is 5.69 Å². The molecule has 1 atom stereocenters. The largest absolute Gasteiger partial charge is 0.481 e. The first-order valence-corrected chi connectivity index (χ1v) is 12.8. The molecule has 0 bridgehead atoms. The first-order valence-electron chi connectivity index (χ1n) is 12.8. The summed E-state index contributed by atoms with van der Waals surface area (Å²) in [6.07, 6.45) is 1.56. The van der Waals surface area contributed by atoms with Crippen LogP contribution in [0, 0.1) is 10.1 Å². The Labute approximate surface area is 222 Å². The molecule has 1 saturated heterocycles. The monoisotopic (exact) mass is 537 g/mol. The molecule has 0 saturated carbocycles. The van der Waals surface area contributed by atoms with E-state index in [0.29, 0.717) is 32.6 Å². The lowest BCUT2D eigenvalue weighted by Gasteiger charge is -2.34. The number of benzene rings is 1. The summed E-state index contributed by atoms with van der Waals surface area (Å²) in [5, 5.41) is 41.8. The maximum Gasteiger partial charge on any atom is 0.317 e.